The molecular weight excluding hydrogens is 294 g/mol. The van der Waals surface area contributed by atoms with Crippen LogP contribution in [-0.4, -0.2) is 12.6 Å². The number of alkyl halides is 1. The molecule has 1 aromatic rings. The topological polar surface area (TPSA) is 50.1 Å². The smallest absolute Gasteiger partial charge is 0.310 e. The van der Waals surface area contributed by atoms with Crippen molar-refractivity contribution in [3.05, 3.63) is 34.4 Å². The first-order valence-corrected chi connectivity index (χ1v) is 7.04. The Morgan fingerprint density at radius 2 is 2.06 bits per heavy atom. The number of ether oxygens (including phenoxy) is 1. The highest BCUT2D eigenvalue weighted by atomic mass is 79.9. The number of hydrogen-bond acceptors (Lipinski definition) is 3. The monoisotopic (exact) mass is 309 g/mol. The zero-order chi connectivity index (χ0) is 13.5. The molecule has 3 nitrogen and oxygen atoms in total. The molecule has 0 amide bonds. The SMILES string of the molecule is CCOC(=O)Cc1cc(C#N)cc(CC)c1CBr. The summed E-state index contributed by atoms with van der Waals surface area (Å²) in [6.45, 7) is 4.20. The Labute approximate surface area is 116 Å². The molecule has 0 bridgehead atoms. The van der Waals surface area contributed by atoms with E-state index in [1.807, 2.05) is 13.0 Å². The van der Waals surface area contributed by atoms with Gasteiger partial charge in [-0.15, -0.1) is 0 Å². The quantitative estimate of drug-likeness (QED) is 0.620. The van der Waals surface area contributed by atoms with Crippen LogP contribution in [0.1, 0.15) is 36.1 Å². The van der Waals surface area contributed by atoms with Gasteiger partial charge in [0.1, 0.15) is 0 Å². The van der Waals surface area contributed by atoms with E-state index in [9.17, 15) is 4.79 Å². The number of esters is 1. The molecule has 96 valence electrons. The van der Waals surface area contributed by atoms with Gasteiger partial charge in [-0.05, 0) is 42.2 Å². The molecule has 0 saturated heterocycles. The van der Waals surface area contributed by atoms with Crippen LogP contribution in [0.5, 0.6) is 0 Å². The van der Waals surface area contributed by atoms with Gasteiger partial charge in [0.15, 0.2) is 0 Å². The largest absolute Gasteiger partial charge is 0.466 e. The van der Waals surface area contributed by atoms with Crippen molar-refractivity contribution in [2.45, 2.75) is 32.0 Å². The second kappa shape index (κ2) is 7.17. The average Bonchev–Trinajstić information content (AvgIpc) is 2.37. The number of halogens is 1. The standard InChI is InChI=1S/C14H16BrNO2/c1-3-11-5-10(9-16)6-12(13(11)8-15)7-14(17)18-4-2/h5-6H,3-4,7-8H2,1-2H3. The van der Waals surface area contributed by atoms with E-state index in [4.69, 9.17) is 10.00 Å². The first kappa shape index (κ1) is 14.7. The summed E-state index contributed by atoms with van der Waals surface area (Å²) in [4.78, 5) is 11.6. The van der Waals surface area contributed by atoms with Crippen LogP contribution in [0, 0.1) is 11.3 Å². The van der Waals surface area contributed by atoms with E-state index >= 15 is 0 Å². The van der Waals surface area contributed by atoms with Gasteiger partial charge in [0.2, 0.25) is 0 Å². The van der Waals surface area contributed by atoms with E-state index in [1.54, 1.807) is 13.0 Å². The third-order valence-electron chi connectivity index (χ3n) is 2.72. The fourth-order valence-electron chi connectivity index (χ4n) is 1.87. The number of rotatable bonds is 5. The lowest BCUT2D eigenvalue weighted by Gasteiger charge is -2.12. The molecular formula is C14H16BrNO2. The first-order chi connectivity index (χ1) is 8.65. The Morgan fingerprint density at radius 1 is 1.39 bits per heavy atom. The maximum atomic E-state index is 11.6. The summed E-state index contributed by atoms with van der Waals surface area (Å²) in [7, 11) is 0. The van der Waals surface area contributed by atoms with Crippen LogP contribution in [0.25, 0.3) is 0 Å². The van der Waals surface area contributed by atoms with Gasteiger partial charge in [0, 0.05) is 5.33 Å². The molecule has 0 aliphatic heterocycles. The molecule has 0 N–H and O–H groups in total. The average molecular weight is 310 g/mol. The first-order valence-electron chi connectivity index (χ1n) is 5.92. The van der Waals surface area contributed by atoms with Crippen molar-refractivity contribution in [2.75, 3.05) is 6.61 Å². The second-order valence-corrected chi connectivity index (χ2v) is 4.41. The Morgan fingerprint density at radius 3 is 2.56 bits per heavy atom. The molecule has 0 saturated carbocycles. The van der Waals surface area contributed by atoms with Crippen molar-refractivity contribution in [3.63, 3.8) is 0 Å². The van der Waals surface area contributed by atoms with Gasteiger partial charge < -0.3 is 4.74 Å². The number of benzene rings is 1. The molecule has 0 unspecified atom stereocenters. The molecule has 0 fully saturated rings. The Balaban J connectivity index is 3.15. The van der Waals surface area contributed by atoms with Crippen molar-refractivity contribution < 1.29 is 9.53 Å². The van der Waals surface area contributed by atoms with Crippen molar-refractivity contribution in [3.8, 4) is 6.07 Å². The van der Waals surface area contributed by atoms with Crippen LogP contribution < -0.4 is 0 Å². The summed E-state index contributed by atoms with van der Waals surface area (Å²) in [5.74, 6) is -0.253. The van der Waals surface area contributed by atoms with Crippen LogP contribution in [0.3, 0.4) is 0 Å². The van der Waals surface area contributed by atoms with Crippen molar-refractivity contribution in [1.29, 1.82) is 5.26 Å². The summed E-state index contributed by atoms with van der Waals surface area (Å²) in [5.41, 5.74) is 3.66. The van der Waals surface area contributed by atoms with Gasteiger partial charge in [-0.2, -0.15) is 5.26 Å². The second-order valence-electron chi connectivity index (χ2n) is 3.85. The fourth-order valence-corrected chi connectivity index (χ4v) is 2.59. The lowest BCUT2D eigenvalue weighted by atomic mass is 9.95. The normalized spacial score (nSPS) is 9.89. The molecule has 0 aliphatic carbocycles. The van der Waals surface area contributed by atoms with Gasteiger partial charge in [-0.25, -0.2) is 0 Å². The number of nitrogens with zero attached hydrogens (tertiary/aromatic N) is 1. The van der Waals surface area contributed by atoms with E-state index in [2.05, 4.69) is 22.0 Å². The van der Waals surface area contributed by atoms with E-state index in [0.29, 0.717) is 17.5 Å². The van der Waals surface area contributed by atoms with E-state index < -0.39 is 0 Å². The van der Waals surface area contributed by atoms with Crippen LogP contribution >= 0.6 is 15.9 Å². The van der Waals surface area contributed by atoms with Gasteiger partial charge in [-0.1, -0.05) is 22.9 Å². The highest BCUT2D eigenvalue weighted by Gasteiger charge is 2.13. The van der Waals surface area contributed by atoms with Crippen LogP contribution in [-0.2, 0) is 27.7 Å². The van der Waals surface area contributed by atoms with E-state index in [0.717, 1.165) is 23.1 Å². The minimum atomic E-state index is -0.253. The van der Waals surface area contributed by atoms with Gasteiger partial charge in [0.25, 0.3) is 0 Å². The number of nitriles is 1. The number of carbonyl (C=O) groups excluding carboxylic acids is 1. The highest BCUT2D eigenvalue weighted by molar-refractivity contribution is 9.08. The maximum Gasteiger partial charge on any atom is 0.310 e. The number of hydrogen-bond donors (Lipinski definition) is 0. The molecule has 0 spiro atoms. The van der Waals surface area contributed by atoms with E-state index in [-0.39, 0.29) is 12.4 Å². The molecule has 1 rings (SSSR count). The predicted octanol–water partition coefficient (Wildman–Crippen LogP) is 3.12. The minimum absolute atomic E-state index is 0.220. The van der Waals surface area contributed by atoms with Gasteiger partial charge in [-0.3, -0.25) is 4.79 Å². The van der Waals surface area contributed by atoms with Gasteiger partial charge in [0.05, 0.1) is 24.7 Å². The Bertz CT molecular complexity index is 477. The van der Waals surface area contributed by atoms with Crippen LogP contribution in [0.2, 0.25) is 0 Å². The molecule has 1 aromatic carbocycles. The van der Waals surface area contributed by atoms with Crippen molar-refractivity contribution in [1.82, 2.24) is 0 Å². The number of aryl methyl sites for hydroxylation is 1. The summed E-state index contributed by atoms with van der Waals surface area (Å²) < 4.78 is 4.96. The van der Waals surface area contributed by atoms with Gasteiger partial charge >= 0.3 is 5.97 Å². The fraction of sp³-hybridized carbons (Fsp3) is 0.429. The maximum absolute atomic E-state index is 11.6. The molecule has 4 heteroatoms. The zero-order valence-corrected chi connectivity index (χ0v) is 12.2. The zero-order valence-electron chi connectivity index (χ0n) is 10.6. The molecule has 0 aliphatic rings. The van der Waals surface area contributed by atoms with Crippen LogP contribution in [0.4, 0.5) is 0 Å². The lowest BCUT2D eigenvalue weighted by molar-refractivity contribution is -0.142. The van der Waals surface area contributed by atoms with Crippen LogP contribution in [0.15, 0.2) is 12.1 Å². The van der Waals surface area contributed by atoms with E-state index in [1.165, 1.54) is 0 Å². The minimum Gasteiger partial charge on any atom is -0.466 e. The molecule has 0 heterocycles. The van der Waals surface area contributed by atoms with Crippen molar-refractivity contribution in [2.24, 2.45) is 0 Å². The lowest BCUT2D eigenvalue weighted by Crippen LogP contribution is -2.10. The summed E-state index contributed by atoms with van der Waals surface area (Å²) in [6, 6.07) is 5.78. The highest BCUT2D eigenvalue weighted by Crippen LogP contribution is 2.22. The summed E-state index contributed by atoms with van der Waals surface area (Å²) >= 11 is 3.44. The molecule has 18 heavy (non-hydrogen) atoms. The number of carbonyl (C=O) groups is 1. The molecule has 0 radical (unpaired) electrons. The Hall–Kier alpha value is -1.34. The summed E-state index contributed by atoms with van der Waals surface area (Å²) in [6.07, 6.45) is 1.06. The Kier molecular flexibility index (Phi) is 5.87. The third-order valence-corrected chi connectivity index (χ3v) is 3.28. The summed E-state index contributed by atoms with van der Waals surface area (Å²) in [5, 5.41) is 9.68. The molecule has 0 atom stereocenters. The van der Waals surface area contributed by atoms with Crippen molar-refractivity contribution >= 4 is 21.9 Å². The predicted molar refractivity (Wildman–Crippen MR) is 73.5 cm³/mol. The molecule has 0 aromatic heterocycles. The third kappa shape index (κ3) is 3.58.